The summed E-state index contributed by atoms with van der Waals surface area (Å²) < 4.78 is 13.6. The summed E-state index contributed by atoms with van der Waals surface area (Å²) in [6.45, 7) is 3.94. The van der Waals surface area contributed by atoms with Gasteiger partial charge in [-0.3, -0.25) is 0 Å². The van der Waals surface area contributed by atoms with E-state index >= 15 is 0 Å². The van der Waals surface area contributed by atoms with E-state index < -0.39 is 0 Å². The number of likely N-dealkylation sites (tertiary alicyclic amines) is 1. The Bertz CT molecular complexity index is 375. The highest BCUT2D eigenvalue weighted by Gasteiger charge is 2.16. The van der Waals surface area contributed by atoms with Crippen molar-refractivity contribution in [2.75, 3.05) is 38.1 Å². The van der Waals surface area contributed by atoms with E-state index in [0.29, 0.717) is 11.7 Å². The van der Waals surface area contributed by atoms with Gasteiger partial charge in [0.2, 0.25) is 0 Å². The van der Waals surface area contributed by atoms with Crippen LogP contribution < -0.4 is 10.6 Å². The zero-order chi connectivity index (χ0) is 13.0. The molecule has 1 heterocycles. The minimum atomic E-state index is -0.152. The van der Waals surface area contributed by atoms with E-state index in [9.17, 15) is 4.39 Å². The number of hydrogen-bond acceptors (Lipinski definition) is 3. The van der Waals surface area contributed by atoms with E-state index in [4.69, 9.17) is 5.73 Å². The van der Waals surface area contributed by atoms with E-state index in [-0.39, 0.29) is 5.82 Å². The van der Waals surface area contributed by atoms with E-state index in [1.54, 1.807) is 6.07 Å². The Hall–Kier alpha value is -1.13. The van der Waals surface area contributed by atoms with Crippen molar-refractivity contribution in [3.63, 3.8) is 0 Å². The Morgan fingerprint density at radius 2 is 2.00 bits per heavy atom. The molecule has 2 N–H and O–H groups in total. The van der Waals surface area contributed by atoms with E-state index in [2.05, 4.69) is 4.90 Å². The number of likely N-dealkylation sites (N-methyl/N-ethyl adjacent to an activating group) is 1. The molecule has 1 saturated heterocycles. The van der Waals surface area contributed by atoms with E-state index in [1.807, 2.05) is 24.1 Å². The van der Waals surface area contributed by atoms with Crippen LogP contribution in [0.25, 0.3) is 0 Å². The van der Waals surface area contributed by atoms with Crippen LogP contribution in [-0.2, 0) is 0 Å². The first kappa shape index (κ1) is 13.3. The van der Waals surface area contributed by atoms with Gasteiger partial charge >= 0.3 is 0 Å². The van der Waals surface area contributed by atoms with Gasteiger partial charge in [0, 0.05) is 26.2 Å². The third-order valence-electron chi connectivity index (χ3n) is 3.65. The maximum atomic E-state index is 13.6. The van der Waals surface area contributed by atoms with Crippen molar-refractivity contribution in [1.82, 2.24) is 4.90 Å². The second kappa shape index (κ2) is 6.16. The highest BCUT2D eigenvalue weighted by Crippen LogP contribution is 2.17. The van der Waals surface area contributed by atoms with Crippen LogP contribution in [0.4, 0.5) is 10.1 Å². The smallest absolute Gasteiger partial charge is 0.146 e. The molecule has 0 radical (unpaired) electrons. The average molecular weight is 251 g/mol. The predicted octanol–water partition coefficient (Wildman–Crippen LogP) is 1.68. The number of hydrogen-bond donors (Lipinski definition) is 1. The van der Waals surface area contributed by atoms with Gasteiger partial charge in [-0.05, 0) is 38.1 Å². The summed E-state index contributed by atoms with van der Waals surface area (Å²) in [5.41, 5.74) is 6.55. The van der Waals surface area contributed by atoms with Gasteiger partial charge < -0.3 is 15.5 Å². The third-order valence-corrected chi connectivity index (χ3v) is 3.65. The largest absolute Gasteiger partial charge is 0.371 e. The topological polar surface area (TPSA) is 32.5 Å². The SMILES string of the molecule is CN(CCN1CCC(N)CC1)c1ccccc1F. The quantitative estimate of drug-likeness (QED) is 0.884. The number of anilines is 1. The molecular weight excluding hydrogens is 229 g/mol. The summed E-state index contributed by atoms with van der Waals surface area (Å²) >= 11 is 0. The molecule has 1 aliphatic heterocycles. The van der Waals surface area contributed by atoms with Crippen LogP contribution in [0.2, 0.25) is 0 Å². The van der Waals surface area contributed by atoms with Gasteiger partial charge in [-0.15, -0.1) is 0 Å². The molecule has 18 heavy (non-hydrogen) atoms. The summed E-state index contributed by atoms with van der Waals surface area (Å²) in [7, 11) is 1.94. The van der Waals surface area contributed by atoms with Crippen molar-refractivity contribution in [3.05, 3.63) is 30.1 Å². The molecule has 0 unspecified atom stereocenters. The number of piperidine rings is 1. The second-order valence-electron chi connectivity index (χ2n) is 5.05. The molecule has 1 aromatic carbocycles. The number of para-hydroxylation sites is 1. The minimum Gasteiger partial charge on any atom is -0.371 e. The van der Waals surface area contributed by atoms with Crippen LogP contribution >= 0.6 is 0 Å². The maximum Gasteiger partial charge on any atom is 0.146 e. The molecular formula is C14H22FN3. The maximum absolute atomic E-state index is 13.6. The van der Waals surface area contributed by atoms with Crippen molar-refractivity contribution < 1.29 is 4.39 Å². The van der Waals surface area contributed by atoms with Gasteiger partial charge in [-0.25, -0.2) is 4.39 Å². The molecule has 0 bridgehead atoms. The van der Waals surface area contributed by atoms with Crippen LogP contribution in [-0.4, -0.2) is 44.2 Å². The van der Waals surface area contributed by atoms with Gasteiger partial charge in [-0.2, -0.15) is 0 Å². The molecule has 1 aliphatic rings. The van der Waals surface area contributed by atoms with Gasteiger partial charge in [0.15, 0.2) is 0 Å². The van der Waals surface area contributed by atoms with E-state index in [1.165, 1.54) is 6.07 Å². The second-order valence-corrected chi connectivity index (χ2v) is 5.05. The van der Waals surface area contributed by atoms with Crippen molar-refractivity contribution in [2.24, 2.45) is 5.73 Å². The first-order valence-corrected chi connectivity index (χ1v) is 6.60. The fourth-order valence-electron chi connectivity index (χ4n) is 2.35. The Morgan fingerprint density at radius 3 is 2.67 bits per heavy atom. The lowest BCUT2D eigenvalue weighted by Gasteiger charge is -2.31. The normalized spacial score (nSPS) is 17.9. The molecule has 0 amide bonds. The minimum absolute atomic E-state index is 0.152. The molecule has 4 heteroatoms. The monoisotopic (exact) mass is 251 g/mol. The molecule has 1 aromatic rings. The summed E-state index contributed by atoms with van der Waals surface area (Å²) in [4.78, 5) is 4.38. The number of nitrogens with zero attached hydrogens (tertiary/aromatic N) is 2. The Kier molecular flexibility index (Phi) is 4.55. The first-order chi connectivity index (χ1) is 8.66. The summed E-state index contributed by atoms with van der Waals surface area (Å²) in [5, 5.41) is 0. The highest BCUT2D eigenvalue weighted by atomic mass is 19.1. The van der Waals surface area contributed by atoms with Gasteiger partial charge in [-0.1, -0.05) is 12.1 Å². The van der Waals surface area contributed by atoms with Crippen LogP contribution in [0.5, 0.6) is 0 Å². The lowest BCUT2D eigenvalue weighted by molar-refractivity contribution is 0.218. The number of halogens is 1. The van der Waals surface area contributed by atoms with Crippen molar-refractivity contribution in [1.29, 1.82) is 0 Å². The molecule has 2 rings (SSSR count). The van der Waals surface area contributed by atoms with Crippen molar-refractivity contribution in [2.45, 2.75) is 18.9 Å². The number of rotatable bonds is 4. The van der Waals surface area contributed by atoms with Crippen LogP contribution in [0, 0.1) is 5.82 Å². The Morgan fingerprint density at radius 1 is 1.33 bits per heavy atom. The lowest BCUT2D eigenvalue weighted by atomic mass is 10.1. The molecule has 100 valence electrons. The first-order valence-electron chi connectivity index (χ1n) is 6.60. The molecule has 0 aliphatic carbocycles. The van der Waals surface area contributed by atoms with Crippen LogP contribution in [0.15, 0.2) is 24.3 Å². The molecule has 1 fully saturated rings. The van der Waals surface area contributed by atoms with Gasteiger partial charge in [0.05, 0.1) is 5.69 Å². The van der Waals surface area contributed by atoms with Gasteiger partial charge in [0.1, 0.15) is 5.82 Å². The summed E-state index contributed by atoms with van der Waals surface area (Å²) in [5.74, 6) is -0.152. The van der Waals surface area contributed by atoms with Crippen LogP contribution in [0.1, 0.15) is 12.8 Å². The third kappa shape index (κ3) is 3.43. The highest BCUT2D eigenvalue weighted by molar-refractivity contribution is 5.46. The van der Waals surface area contributed by atoms with Crippen LogP contribution in [0.3, 0.4) is 0 Å². The zero-order valence-electron chi connectivity index (χ0n) is 11.0. The Balaban J connectivity index is 1.81. The number of nitrogens with two attached hydrogens (primary N) is 1. The van der Waals surface area contributed by atoms with Crippen molar-refractivity contribution in [3.8, 4) is 0 Å². The lowest BCUT2D eigenvalue weighted by Crippen LogP contribution is -2.42. The fraction of sp³-hybridized carbons (Fsp3) is 0.571. The molecule has 0 spiro atoms. The predicted molar refractivity (Wildman–Crippen MR) is 73.3 cm³/mol. The van der Waals surface area contributed by atoms with Gasteiger partial charge in [0.25, 0.3) is 0 Å². The molecule has 3 nitrogen and oxygen atoms in total. The Labute approximate surface area is 108 Å². The van der Waals surface area contributed by atoms with Crippen molar-refractivity contribution >= 4 is 5.69 Å². The fourth-order valence-corrected chi connectivity index (χ4v) is 2.35. The van der Waals surface area contributed by atoms with E-state index in [0.717, 1.165) is 39.0 Å². The zero-order valence-corrected chi connectivity index (χ0v) is 11.0. The standard InChI is InChI=1S/C14H22FN3/c1-17(14-5-3-2-4-13(14)15)10-11-18-8-6-12(16)7-9-18/h2-5,12H,6-11,16H2,1H3. The number of benzene rings is 1. The molecule has 0 atom stereocenters. The summed E-state index contributed by atoms with van der Waals surface area (Å²) in [6, 6.07) is 7.28. The molecule has 0 aromatic heterocycles. The summed E-state index contributed by atoms with van der Waals surface area (Å²) in [6.07, 6.45) is 2.15. The molecule has 0 saturated carbocycles. The average Bonchev–Trinajstić information content (AvgIpc) is 2.38.